The zero-order chi connectivity index (χ0) is 17.4. The Kier molecular flexibility index (Phi) is 4.12. The van der Waals surface area contributed by atoms with Gasteiger partial charge in [-0.05, 0) is 31.5 Å². The lowest BCUT2D eigenvalue weighted by Gasteiger charge is -2.33. The van der Waals surface area contributed by atoms with Gasteiger partial charge in [-0.25, -0.2) is 0 Å². The third kappa shape index (κ3) is 2.77. The van der Waals surface area contributed by atoms with Crippen LogP contribution in [0, 0.1) is 5.92 Å². The maximum absolute atomic E-state index is 13.3. The molecule has 1 saturated carbocycles. The molecule has 2 aromatic rings. The smallest absolute Gasteiger partial charge is 0.321 e. The largest absolute Gasteiger partial charge is 0.461 e. The van der Waals surface area contributed by atoms with E-state index in [0.717, 1.165) is 30.5 Å². The third-order valence-corrected chi connectivity index (χ3v) is 6.12. The first-order chi connectivity index (χ1) is 12.1. The van der Waals surface area contributed by atoms with E-state index in [2.05, 4.69) is 11.9 Å². The van der Waals surface area contributed by atoms with Crippen molar-refractivity contribution in [3.63, 3.8) is 0 Å². The molecule has 3 heteroatoms. The van der Waals surface area contributed by atoms with Gasteiger partial charge in [-0.3, -0.25) is 4.79 Å². The monoisotopic (exact) mass is 335 g/mol. The van der Waals surface area contributed by atoms with Crippen molar-refractivity contribution in [2.45, 2.75) is 37.3 Å². The molecular formula is C22H25NO2. The lowest BCUT2D eigenvalue weighted by molar-refractivity contribution is -0.157. The number of likely N-dealkylation sites (tertiary alicyclic amines) is 1. The van der Waals surface area contributed by atoms with Crippen LogP contribution >= 0.6 is 0 Å². The van der Waals surface area contributed by atoms with Crippen LogP contribution in [-0.4, -0.2) is 36.6 Å². The maximum Gasteiger partial charge on any atom is 0.321 e. The fraction of sp³-hybridized carbons (Fsp3) is 0.409. The number of esters is 1. The van der Waals surface area contributed by atoms with Gasteiger partial charge in [-0.1, -0.05) is 60.7 Å². The van der Waals surface area contributed by atoms with Crippen molar-refractivity contribution < 1.29 is 9.53 Å². The zero-order valence-corrected chi connectivity index (χ0v) is 14.9. The molecule has 2 aliphatic rings. The zero-order valence-electron chi connectivity index (χ0n) is 14.9. The molecule has 2 fully saturated rings. The summed E-state index contributed by atoms with van der Waals surface area (Å²) < 4.78 is 6.10. The minimum absolute atomic E-state index is 0.0560. The van der Waals surface area contributed by atoms with E-state index >= 15 is 0 Å². The van der Waals surface area contributed by atoms with Crippen LogP contribution in [0.2, 0.25) is 0 Å². The molecule has 1 heterocycles. The molecule has 3 nitrogen and oxygen atoms in total. The summed E-state index contributed by atoms with van der Waals surface area (Å²) >= 11 is 0. The summed E-state index contributed by atoms with van der Waals surface area (Å²) in [7, 11) is 2.17. The molecule has 2 unspecified atom stereocenters. The fourth-order valence-corrected chi connectivity index (χ4v) is 4.47. The number of benzene rings is 2. The van der Waals surface area contributed by atoms with E-state index in [1.807, 2.05) is 67.6 Å². The third-order valence-electron chi connectivity index (χ3n) is 6.12. The Hall–Kier alpha value is -2.13. The van der Waals surface area contributed by atoms with E-state index in [9.17, 15) is 4.79 Å². The molecule has 25 heavy (non-hydrogen) atoms. The van der Waals surface area contributed by atoms with Crippen LogP contribution in [0.4, 0.5) is 0 Å². The molecule has 2 bridgehead atoms. The Morgan fingerprint density at radius 3 is 2.00 bits per heavy atom. The van der Waals surface area contributed by atoms with Crippen LogP contribution in [-0.2, 0) is 14.9 Å². The van der Waals surface area contributed by atoms with Gasteiger partial charge in [0, 0.05) is 24.9 Å². The SMILES string of the molecule is CN1CC2CC1C[C@H]2OC(=O)C(C)(c1ccccc1)c1ccccc1. The molecule has 1 aliphatic heterocycles. The van der Waals surface area contributed by atoms with E-state index in [-0.39, 0.29) is 12.1 Å². The van der Waals surface area contributed by atoms with Crippen LogP contribution in [0.1, 0.15) is 30.9 Å². The Morgan fingerprint density at radius 1 is 1.00 bits per heavy atom. The topological polar surface area (TPSA) is 29.5 Å². The summed E-state index contributed by atoms with van der Waals surface area (Å²) in [5.41, 5.74) is 1.17. The quantitative estimate of drug-likeness (QED) is 0.799. The minimum atomic E-state index is -0.781. The summed E-state index contributed by atoms with van der Waals surface area (Å²) in [5, 5.41) is 0. The summed E-state index contributed by atoms with van der Waals surface area (Å²) in [5.74, 6) is 0.347. The number of hydrogen-bond acceptors (Lipinski definition) is 3. The number of ether oxygens (including phenoxy) is 1. The molecule has 0 N–H and O–H groups in total. The number of piperidine rings is 1. The van der Waals surface area contributed by atoms with E-state index in [1.54, 1.807) is 0 Å². The average molecular weight is 335 g/mol. The highest BCUT2D eigenvalue weighted by atomic mass is 16.5. The van der Waals surface area contributed by atoms with Crippen molar-refractivity contribution in [3.05, 3.63) is 71.8 Å². The second kappa shape index (κ2) is 6.30. The molecular weight excluding hydrogens is 310 g/mol. The average Bonchev–Trinajstić information content (AvgIpc) is 3.21. The lowest BCUT2D eigenvalue weighted by Crippen LogP contribution is -2.42. The highest BCUT2D eigenvalue weighted by Gasteiger charge is 2.47. The first-order valence-electron chi connectivity index (χ1n) is 9.11. The Morgan fingerprint density at radius 2 is 1.56 bits per heavy atom. The Balaban J connectivity index is 1.64. The van der Waals surface area contributed by atoms with Crippen LogP contribution < -0.4 is 0 Å². The number of rotatable bonds is 4. The summed E-state index contributed by atoms with van der Waals surface area (Å²) in [6.45, 7) is 3.02. The molecule has 3 atom stereocenters. The van der Waals surface area contributed by atoms with Gasteiger partial charge in [0.25, 0.3) is 0 Å². The van der Waals surface area contributed by atoms with Gasteiger partial charge >= 0.3 is 5.97 Å². The normalized spacial score (nSPS) is 25.9. The Labute approximate surface area is 149 Å². The van der Waals surface area contributed by atoms with Gasteiger partial charge in [0.05, 0.1) is 0 Å². The molecule has 0 spiro atoms. The number of nitrogens with zero attached hydrogens (tertiary/aromatic N) is 1. The highest BCUT2D eigenvalue weighted by Crippen LogP contribution is 2.41. The molecule has 1 saturated heterocycles. The first kappa shape index (κ1) is 16.3. The van der Waals surface area contributed by atoms with E-state index < -0.39 is 5.41 Å². The highest BCUT2D eigenvalue weighted by molar-refractivity contribution is 5.87. The van der Waals surface area contributed by atoms with Gasteiger partial charge in [-0.2, -0.15) is 0 Å². The predicted molar refractivity (Wildman–Crippen MR) is 98.4 cm³/mol. The summed E-state index contributed by atoms with van der Waals surface area (Å²) in [4.78, 5) is 15.7. The minimum Gasteiger partial charge on any atom is -0.461 e. The van der Waals surface area contributed by atoms with Crippen molar-refractivity contribution in [2.75, 3.05) is 13.6 Å². The molecule has 0 amide bonds. The van der Waals surface area contributed by atoms with Crippen molar-refractivity contribution in [1.29, 1.82) is 0 Å². The molecule has 2 aromatic carbocycles. The van der Waals surface area contributed by atoms with Gasteiger partial charge in [0.2, 0.25) is 0 Å². The Bertz CT molecular complexity index is 702. The molecule has 1 aliphatic carbocycles. The molecule has 0 aromatic heterocycles. The second-order valence-corrected chi connectivity index (χ2v) is 7.63. The van der Waals surface area contributed by atoms with Gasteiger partial charge < -0.3 is 9.64 Å². The molecule has 130 valence electrons. The molecule has 4 rings (SSSR count). The number of fused-ring (bicyclic) bond motifs is 2. The predicted octanol–water partition coefficient (Wildman–Crippen LogP) is 3.63. The van der Waals surface area contributed by atoms with Gasteiger partial charge in [-0.15, -0.1) is 0 Å². The lowest BCUT2D eigenvalue weighted by atomic mass is 9.76. The number of carbonyl (C=O) groups is 1. The van der Waals surface area contributed by atoms with Crippen LogP contribution in [0.3, 0.4) is 0 Å². The summed E-state index contributed by atoms with van der Waals surface area (Å²) in [6.07, 6.45) is 2.18. The van der Waals surface area contributed by atoms with Crippen LogP contribution in [0.25, 0.3) is 0 Å². The van der Waals surface area contributed by atoms with Crippen molar-refractivity contribution in [1.82, 2.24) is 4.90 Å². The van der Waals surface area contributed by atoms with Gasteiger partial charge in [0.15, 0.2) is 0 Å². The van der Waals surface area contributed by atoms with Gasteiger partial charge in [0.1, 0.15) is 11.5 Å². The number of carbonyl (C=O) groups excluding carboxylic acids is 1. The second-order valence-electron chi connectivity index (χ2n) is 7.63. The number of hydrogen-bond donors (Lipinski definition) is 0. The molecule has 0 radical (unpaired) electrons. The van der Waals surface area contributed by atoms with Crippen LogP contribution in [0.5, 0.6) is 0 Å². The first-order valence-corrected chi connectivity index (χ1v) is 9.11. The van der Waals surface area contributed by atoms with Crippen molar-refractivity contribution in [3.8, 4) is 0 Å². The van der Waals surface area contributed by atoms with Crippen molar-refractivity contribution >= 4 is 5.97 Å². The van der Waals surface area contributed by atoms with E-state index in [4.69, 9.17) is 4.74 Å². The maximum atomic E-state index is 13.3. The fourth-order valence-electron chi connectivity index (χ4n) is 4.47. The van der Waals surface area contributed by atoms with Crippen molar-refractivity contribution in [2.24, 2.45) is 5.92 Å². The summed E-state index contributed by atoms with van der Waals surface area (Å²) in [6, 6.07) is 20.5. The standard InChI is InChI=1S/C22H25NO2/c1-22(17-9-5-3-6-10-17,18-11-7-4-8-12-18)21(24)25-20-14-19-13-16(20)15-23(19)2/h3-12,16,19-20H,13-15H2,1-2H3/t16?,19?,20-/m1/s1. The van der Waals surface area contributed by atoms with E-state index in [0.29, 0.717) is 12.0 Å². The van der Waals surface area contributed by atoms with E-state index in [1.165, 1.54) is 0 Å². The van der Waals surface area contributed by atoms with Crippen LogP contribution in [0.15, 0.2) is 60.7 Å².